The molecule has 19 heavy (non-hydrogen) atoms. The minimum atomic E-state index is 0.0796. The van der Waals surface area contributed by atoms with Crippen molar-refractivity contribution < 1.29 is 4.79 Å². The van der Waals surface area contributed by atoms with Crippen molar-refractivity contribution in [3.05, 3.63) is 70.7 Å². The molecule has 0 aromatic heterocycles. The average Bonchev–Trinajstić information content (AvgIpc) is 2.44. The monoisotopic (exact) mass is 264 g/mol. The third-order valence-corrected chi connectivity index (χ3v) is 3.90. The molecule has 0 aliphatic heterocycles. The van der Waals surface area contributed by atoms with Crippen molar-refractivity contribution in [3.63, 3.8) is 0 Å². The molecule has 3 aromatic carbocycles. The Kier molecular flexibility index (Phi) is 2.09. The minimum Gasteiger partial charge on any atom is -0.289 e. The van der Waals surface area contributed by atoms with Gasteiger partial charge in [-0.3, -0.25) is 4.79 Å². The van der Waals surface area contributed by atoms with Crippen LogP contribution in [0, 0.1) is 0 Å². The highest BCUT2D eigenvalue weighted by Gasteiger charge is 2.24. The number of ketones is 1. The van der Waals surface area contributed by atoms with Gasteiger partial charge >= 0.3 is 0 Å². The molecule has 4 rings (SSSR count). The lowest BCUT2D eigenvalue weighted by molar-refractivity contribution is 0.104. The molecule has 0 spiro atoms. The van der Waals surface area contributed by atoms with Gasteiger partial charge in [-0.2, -0.15) is 0 Å². The van der Waals surface area contributed by atoms with Crippen LogP contribution in [-0.4, -0.2) is 5.78 Å². The van der Waals surface area contributed by atoms with Crippen LogP contribution in [0.5, 0.6) is 0 Å². The third-order valence-electron chi connectivity index (χ3n) is 3.67. The standard InChI is InChI=1S/C17H9ClO/c18-11-7-8-13-15(9-11)12-5-1-3-10-4-2-6-14(16(10)12)17(13)19/h1-9H. The summed E-state index contributed by atoms with van der Waals surface area (Å²) in [6.45, 7) is 0. The van der Waals surface area contributed by atoms with Crippen LogP contribution in [0.25, 0.3) is 21.9 Å². The second kappa shape index (κ2) is 3.69. The first-order valence-electron chi connectivity index (χ1n) is 6.12. The lowest BCUT2D eigenvalue weighted by atomic mass is 9.83. The van der Waals surface area contributed by atoms with E-state index in [9.17, 15) is 4.79 Å². The largest absolute Gasteiger partial charge is 0.289 e. The summed E-state index contributed by atoms with van der Waals surface area (Å²) in [5.41, 5.74) is 3.53. The summed E-state index contributed by atoms with van der Waals surface area (Å²) < 4.78 is 0. The van der Waals surface area contributed by atoms with Gasteiger partial charge in [-0.15, -0.1) is 0 Å². The molecule has 90 valence electrons. The summed E-state index contributed by atoms with van der Waals surface area (Å²) in [6, 6.07) is 17.4. The van der Waals surface area contributed by atoms with Gasteiger partial charge in [-0.1, -0.05) is 48.0 Å². The molecule has 0 atom stereocenters. The number of hydrogen-bond acceptors (Lipinski definition) is 1. The molecule has 0 bridgehead atoms. The SMILES string of the molecule is O=C1c2ccc(Cl)cc2-c2cccc3cccc1c23. The highest BCUT2D eigenvalue weighted by Crippen LogP contribution is 2.40. The van der Waals surface area contributed by atoms with Gasteiger partial charge in [0.05, 0.1) is 0 Å². The Bertz CT molecular complexity index is 844. The smallest absolute Gasteiger partial charge is 0.194 e. The highest BCUT2D eigenvalue weighted by molar-refractivity contribution is 6.32. The van der Waals surface area contributed by atoms with Gasteiger partial charge in [0.15, 0.2) is 5.78 Å². The van der Waals surface area contributed by atoms with Crippen LogP contribution in [-0.2, 0) is 0 Å². The van der Waals surface area contributed by atoms with Crippen LogP contribution in [0.3, 0.4) is 0 Å². The second-order valence-electron chi connectivity index (χ2n) is 4.73. The Labute approximate surface area is 115 Å². The van der Waals surface area contributed by atoms with Gasteiger partial charge in [-0.25, -0.2) is 0 Å². The van der Waals surface area contributed by atoms with E-state index in [2.05, 4.69) is 0 Å². The van der Waals surface area contributed by atoms with Crippen LogP contribution in [0.2, 0.25) is 5.02 Å². The zero-order valence-electron chi connectivity index (χ0n) is 9.98. The summed E-state index contributed by atoms with van der Waals surface area (Å²) in [5, 5.41) is 2.78. The quantitative estimate of drug-likeness (QED) is 0.450. The molecule has 0 heterocycles. The van der Waals surface area contributed by atoms with Crippen molar-refractivity contribution >= 4 is 28.2 Å². The van der Waals surface area contributed by atoms with E-state index in [1.54, 1.807) is 6.07 Å². The number of rotatable bonds is 0. The zero-order chi connectivity index (χ0) is 13.0. The summed E-state index contributed by atoms with van der Waals surface area (Å²) in [5.74, 6) is 0.0796. The van der Waals surface area contributed by atoms with Crippen molar-refractivity contribution in [2.24, 2.45) is 0 Å². The van der Waals surface area contributed by atoms with Gasteiger partial charge < -0.3 is 0 Å². The average molecular weight is 265 g/mol. The van der Waals surface area contributed by atoms with Crippen LogP contribution >= 0.6 is 11.6 Å². The van der Waals surface area contributed by atoms with Gasteiger partial charge in [0.1, 0.15) is 0 Å². The maximum absolute atomic E-state index is 12.6. The summed E-state index contributed by atoms with van der Waals surface area (Å²) in [4.78, 5) is 12.6. The third kappa shape index (κ3) is 1.39. The summed E-state index contributed by atoms with van der Waals surface area (Å²) in [7, 11) is 0. The lowest BCUT2D eigenvalue weighted by Crippen LogP contribution is -2.09. The molecular formula is C17H9ClO. The maximum Gasteiger partial charge on any atom is 0.194 e. The van der Waals surface area contributed by atoms with Crippen LogP contribution in [0.1, 0.15) is 15.9 Å². The number of halogens is 1. The molecular weight excluding hydrogens is 256 g/mol. The summed E-state index contributed by atoms with van der Waals surface area (Å²) in [6.07, 6.45) is 0. The van der Waals surface area contributed by atoms with Crippen LogP contribution in [0.15, 0.2) is 54.6 Å². The molecule has 0 unspecified atom stereocenters. The van der Waals surface area contributed by atoms with Crippen molar-refractivity contribution in [3.8, 4) is 11.1 Å². The molecule has 1 aliphatic carbocycles. The lowest BCUT2D eigenvalue weighted by Gasteiger charge is -2.19. The normalized spacial score (nSPS) is 12.6. The van der Waals surface area contributed by atoms with Crippen LogP contribution in [0.4, 0.5) is 0 Å². The fourth-order valence-corrected chi connectivity index (χ4v) is 3.01. The van der Waals surface area contributed by atoms with Crippen molar-refractivity contribution in [1.29, 1.82) is 0 Å². The van der Waals surface area contributed by atoms with E-state index in [1.165, 1.54) is 0 Å². The second-order valence-corrected chi connectivity index (χ2v) is 5.16. The van der Waals surface area contributed by atoms with E-state index < -0.39 is 0 Å². The predicted molar refractivity (Wildman–Crippen MR) is 77.8 cm³/mol. The molecule has 0 amide bonds. The first kappa shape index (κ1) is 10.8. The van der Waals surface area contributed by atoms with Gasteiger partial charge in [0.2, 0.25) is 0 Å². The predicted octanol–water partition coefficient (Wildman–Crippen LogP) is 4.70. The topological polar surface area (TPSA) is 17.1 Å². The minimum absolute atomic E-state index is 0.0796. The Balaban J connectivity index is 2.25. The number of hydrogen-bond donors (Lipinski definition) is 0. The van der Waals surface area contributed by atoms with E-state index in [0.717, 1.165) is 33.0 Å². The highest BCUT2D eigenvalue weighted by atomic mass is 35.5. The maximum atomic E-state index is 12.6. The van der Waals surface area contributed by atoms with E-state index in [-0.39, 0.29) is 5.78 Å². The van der Waals surface area contributed by atoms with Crippen molar-refractivity contribution in [2.45, 2.75) is 0 Å². The Morgan fingerprint density at radius 1 is 0.737 bits per heavy atom. The first-order valence-corrected chi connectivity index (χ1v) is 6.50. The van der Waals surface area contributed by atoms with Crippen molar-refractivity contribution in [1.82, 2.24) is 0 Å². The number of benzene rings is 3. The zero-order valence-corrected chi connectivity index (χ0v) is 10.7. The van der Waals surface area contributed by atoms with Gasteiger partial charge in [0, 0.05) is 21.5 Å². The molecule has 2 heteroatoms. The molecule has 1 nitrogen and oxygen atoms in total. The molecule has 0 fully saturated rings. The van der Waals surface area contributed by atoms with Crippen LogP contribution < -0.4 is 0 Å². The molecule has 0 N–H and O–H groups in total. The first-order chi connectivity index (χ1) is 9.25. The van der Waals surface area contributed by atoms with Gasteiger partial charge in [-0.05, 0) is 34.7 Å². The van der Waals surface area contributed by atoms with E-state index in [1.807, 2.05) is 48.5 Å². The number of carbonyl (C=O) groups is 1. The van der Waals surface area contributed by atoms with E-state index in [0.29, 0.717) is 5.02 Å². The van der Waals surface area contributed by atoms with E-state index in [4.69, 9.17) is 11.6 Å². The fraction of sp³-hybridized carbons (Fsp3) is 0. The Morgan fingerprint density at radius 2 is 1.47 bits per heavy atom. The molecule has 0 radical (unpaired) electrons. The number of carbonyl (C=O) groups excluding carboxylic acids is 1. The Hall–Kier alpha value is -2.12. The summed E-state index contributed by atoms with van der Waals surface area (Å²) >= 11 is 6.08. The fourth-order valence-electron chi connectivity index (χ4n) is 2.84. The van der Waals surface area contributed by atoms with Crippen molar-refractivity contribution in [2.75, 3.05) is 0 Å². The molecule has 3 aromatic rings. The molecule has 0 saturated heterocycles. The Morgan fingerprint density at radius 3 is 2.26 bits per heavy atom. The number of fused-ring (bicyclic) bond motifs is 2. The molecule has 1 aliphatic rings. The van der Waals surface area contributed by atoms with E-state index >= 15 is 0 Å². The van der Waals surface area contributed by atoms with Gasteiger partial charge in [0.25, 0.3) is 0 Å². The molecule has 0 saturated carbocycles.